The molecule has 0 atom stereocenters. The molecule has 0 aliphatic heterocycles. The number of nitrogens with zero attached hydrogens (tertiary/aromatic N) is 2. The van der Waals surface area contributed by atoms with Gasteiger partial charge in [0.25, 0.3) is 0 Å². The summed E-state index contributed by atoms with van der Waals surface area (Å²) in [5, 5.41) is 8.61. The van der Waals surface area contributed by atoms with Crippen LogP contribution in [0.3, 0.4) is 0 Å². The normalized spacial score (nSPS) is 11.2. The fourth-order valence-corrected chi connectivity index (χ4v) is 3.63. The van der Waals surface area contributed by atoms with E-state index in [1.165, 1.54) is 9.75 Å². The van der Waals surface area contributed by atoms with Gasteiger partial charge < -0.3 is 15.1 Å². The van der Waals surface area contributed by atoms with E-state index in [2.05, 4.69) is 46.6 Å². The van der Waals surface area contributed by atoms with Crippen molar-refractivity contribution in [3.05, 3.63) is 51.4 Å². The van der Waals surface area contributed by atoms with Gasteiger partial charge in [-0.3, -0.25) is 0 Å². The summed E-state index contributed by atoms with van der Waals surface area (Å²) in [7, 11) is 0. The molecule has 0 unspecified atom stereocenters. The van der Waals surface area contributed by atoms with Crippen LogP contribution in [0.2, 0.25) is 0 Å². The van der Waals surface area contributed by atoms with Gasteiger partial charge in [-0.1, -0.05) is 6.07 Å². The maximum Gasteiger partial charge on any atom is 0.236 e. The Morgan fingerprint density at radius 2 is 2.16 bits per heavy atom. The Hall–Kier alpha value is -1.39. The van der Waals surface area contributed by atoms with Crippen LogP contribution in [0.5, 0.6) is 0 Å². The molecular formula is C17H21IN4OS2. The first-order valence-corrected chi connectivity index (χ1v) is 9.50. The lowest BCUT2D eigenvalue weighted by molar-refractivity contribution is 0.574. The summed E-state index contributed by atoms with van der Waals surface area (Å²) in [5.41, 5.74) is 0.822. The van der Waals surface area contributed by atoms with Crippen molar-refractivity contribution in [3.8, 4) is 10.8 Å². The lowest BCUT2D eigenvalue weighted by atomic mass is 10.4. The summed E-state index contributed by atoms with van der Waals surface area (Å²) in [4.78, 5) is 12.7. The Kier molecular flexibility index (Phi) is 7.91. The van der Waals surface area contributed by atoms with E-state index >= 15 is 0 Å². The maximum absolute atomic E-state index is 5.52. The zero-order valence-electron chi connectivity index (χ0n) is 14.1. The van der Waals surface area contributed by atoms with Crippen LogP contribution in [0.1, 0.15) is 22.4 Å². The minimum Gasteiger partial charge on any atom is -0.443 e. The van der Waals surface area contributed by atoms with Gasteiger partial charge in [0.1, 0.15) is 12.0 Å². The van der Waals surface area contributed by atoms with Gasteiger partial charge in [0.05, 0.1) is 18.0 Å². The SMILES string of the molecule is CCNC(=NCc1coc(-c2cccs2)n1)NCc1ccc(C)s1.I. The number of hydrogen-bond acceptors (Lipinski definition) is 5. The standard InChI is InChI=1S/C17H20N4OS2.HI/c1-3-18-17(20-10-14-7-6-12(2)24-14)19-9-13-11-22-16(21-13)15-5-4-8-23-15;/h4-8,11H,3,9-10H2,1-2H3,(H2,18,19,20);1H. The van der Waals surface area contributed by atoms with E-state index in [-0.39, 0.29) is 24.0 Å². The molecule has 0 aliphatic carbocycles. The highest BCUT2D eigenvalue weighted by Gasteiger charge is 2.07. The van der Waals surface area contributed by atoms with E-state index in [9.17, 15) is 0 Å². The molecule has 0 aliphatic rings. The topological polar surface area (TPSA) is 62.5 Å². The predicted octanol–water partition coefficient (Wildman–Crippen LogP) is 4.65. The first-order valence-electron chi connectivity index (χ1n) is 7.80. The lowest BCUT2D eigenvalue weighted by Gasteiger charge is -2.09. The molecule has 8 heteroatoms. The van der Waals surface area contributed by atoms with Crippen molar-refractivity contribution < 1.29 is 4.42 Å². The molecule has 0 fully saturated rings. The first kappa shape index (κ1) is 19.9. The molecule has 5 nitrogen and oxygen atoms in total. The smallest absolute Gasteiger partial charge is 0.236 e. The largest absolute Gasteiger partial charge is 0.443 e. The Labute approximate surface area is 172 Å². The Bertz CT molecular complexity index is 795. The van der Waals surface area contributed by atoms with E-state index in [1.807, 2.05) is 17.5 Å². The number of guanidine groups is 1. The quantitative estimate of drug-likeness (QED) is 0.301. The molecule has 0 saturated heterocycles. The number of aryl methyl sites for hydroxylation is 1. The second-order valence-electron chi connectivity index (χ2n) is 5.18. The number of rotatable bonds is 6. The van der Waals surface area contributed by atoms with Crippen molar-refractivity contribution in [1.29, 1.82) is 0 Å². The van der Waals surface area contributed by atoms with Gasteiger partial charge in [-0.25, -0.2) is 9.98 Å². The van der Waals surface area contributed by atoms with Gasteiger partial charge >= 0.3 is 0 Å². The number of aliphatic imine (C=N–C) groups is 1. The van der Waals surface area contributed by atoms with Crippen molar-refractivity contribution in [2.24, 2.45) is 4.99 Å². The summed E-state index contributed by atoms with van der Waals surface area (Å²) in [5.74, 6) is 1.44. The summed E-state index contributed by atoms with van der Waals surface area (Å²) >= 11 is 3.41. The Morgan fingerprint density at radius 3 is 2.84 bits per heavy atom. The number of thiophene rings is 2. The molecule has 3 aromatic rings. The molecule has 0 amide bonds. The third kappa shape index (κ3) is 5.82. The molecule has 134 valence electrons. The van der Waals surface area contributed by atoms with Crippen molar-refractivity contribution in [2.75, 3.05) is 6.54 Å². The van der Waals surface area contributed by atoms with Crippen LogP contribution in [0.15, 0.2) is 45.3 Å². The molecule has 0 bridgehead atoms. The zero-order valence-corrected chi connectivity index (χ0v) is 18.1. The molecule has 0 saturated carbocycles. The molecule has 0 spiro atoms. The summed E-state index contributed by atoms with van der Waals surface area (Å²) in [6.07, 6.45) is 1.67. The first-order chi connectivity index (χ1) is 11.7. The molecule has 3 heterocycles. The van der Waals surface area contributed by atoms with Crippen LogP contribution < -0.4 is 10.6 Å². The summed E-state index contributed by atoms with van der Waals surface area (Å²) in [6, 6.07) is 8.26. The number of oxazole rings is 1. The second-order valence-corrected chi connectivity index (χ2v) is 7.50. The zero-order chi connectivity index (χ0) is 16.8. The average Bonchev–Trinajstić information content (AvgIpc) is 3.31. The molecular weight excluding hydrogens is 467 g/mol. The number of hydrogen-bond donors (Lipinski definition) is 2. The minimum absolute atomic E-state index is 0. The minimum atomic E-state index is 0. The molecule has 25 heavy (non-hydrogen) atoms. The molecule has 0 aromatic carbocycles. The van der Waals surface area contributed by atoms with Gasteiger partial charge in [0.15, 0.2) is 5.96 Å². The number of aromatic nitrogens is 1. The summed E-state index contributed by atoms with van der Waals surface area (Å²) in [6.45, 7) is 6.23. The van der Waals surface area contributed by atoms with Crippen LogP contribution in [0, 0.1) is 6.92 Å². The van der Waals surface area contributed by atoms with Crippen molar-refractivity contribution in [2.45, 2.75) is 26.9 Å². The van der Waals surface area contributed by atoms with Gasteiger partial charge in [-0.05, 0) is 37.4 Å². The van der Waals surface area contributed by atoms with Gasteiger partial charge in [-0.15, -0.1) is 46.7 Å². The fraction of sp³-hybridized carbons (Fsp3) is 0.294. The Morgan fingerprint density at radius 1 is 1.28 bits per heavy atom. The van der Waals surface area contributed by atoms with E-state index < -0.39 is 0 Å². The highest BCUT2D eigenvalue weighted by molar-refractivity contribution is 14.0. The monoisotopic (exact) mass is 488 g/mol. The Balaban J connectivity index is 0.00000225. The van der Waals surface area contributed by atoms with Crippen LogP contribution >= 0.6 is 46.7 Å². The third-order valence-electron chi connectivity index (χ3n) is 3.25. The molecule has 0 radical (unpaired) electrons. The predicted molar refractivity (Wildman–Crippen MR) is 116 cm³/mol. The highest BCUT2D eigenvalue weighted by atomic mass is 127. The average molecular weight is 488 g/mol. The lowest BCUT2D eigenvalue weighted by Crippen LogP contribution is -2.36. The van der Waals surface area contributed by atoms with E-state index in [4.69, 9.17) is 4.42 Å². The van der Waals surface area contributed by atoms with Gasteiger partial charge in [0.2, 0.25) is 5.89 Å². The maximum atomic E-state index is 5.52. The van der Waals surface area contributed by atoms with Crippen molar-refractivity contribution >= 4 is 52.6 Å². The highest BCUT2D eigenvalue weighted by Crippen LogP contribution is 2.23. The number of nitrogens with one attached hydrogen (secondary N) is 2. The number of halogens is 1. The molecule has 3 aromatic heterocycles. The molecule has 3 rings (SSSR count). The third-order valence-corrected chi connectivity index (χ3v) is 5.11. The van der Waals surface area contributed by atoms with Crippen LogP contribution in [0.25, 0.3) is 10.8 Å². The van der Waals surface area contributed by atoms with E-state index in [0.29, 0.717) is 12.4 Å². The summed E-state index contributed by atoms with van der Waals surface area (Å²) < 4.78 is 5.52. The molecule has 2 N–H and O–H groups in total. The van der Waals surface area contributed by atoms with Crippen LogP contribution in [-0.2, 0) is 13.1 Å². The van der Waals surface area contributed by atoms with E-state index in [0.717, 1.165) is 29.6 Å². The van der Waals surface area contributed by atoms with Crippen LogP contribution in [0.4, 0.5) is 0 Å². The van der Waals surface area contributed by atoms with Gasteiger partial charge in [-0.2, -0.15) is 0 Å². The van der Waals surface area contributed by atoms with Crippen molar-refractivity contribution in [3.63, 3.8) is 0 Å². The van der Waals surface area contributed by atoms with Crippen molar-refractivity contribution in [1.82, 2.24) is 15.6 Å². The second kappa shape index (κ2) is 9.93. The fourth-order valence-electron chi connectivity index (χ4n) is 2.15. The van der Waals surface area contributed by atoms with E-state index in [1.54, 1.807) is 28.9 Å². The van der Waals surface area contributed by atoms with Gasteiger partial charge in [0, 0.05) is 16.3 Å². The van der Waals surface area contributed by atoms with Crippen LogP contribution in [-0.4, -0.2) is 17.5 Å².